The van der Waals surface area contributed by atoms with Crippen LogP contribution in [0, 0.1) is 0 Å². The first-order valence-corrected chi connectivity index (χ1v) is 10.3. The highest BCUT2D eigenvalue weighted by Gasteiger charge is 2.11. The first-order valence-electron chi connectivity index (χ1n) is 9.45. The van der Waals surface area contributed by atoms with Crippen LogP contribution in [-0.4, -0.2) is 31.2 Å². The summed E-state index contributed by atoms with van der Waals surface area (Å²) >= 11 is 1.38. The number of carbonyl (C=O) groups excluding carboxylic acids is 1. The van der Waals surface area contributed by atoms with Crippen LogP contribution < -0.4 is 15.8 Å². The zero-order valence-corrected chi connectivity index (χ0v) is 18.4. The predicted octanol–water partition coefficient (Wildman–Crippen LogP) is 4.60. The Bertz CT molecular complexity index is 918. The van der Waals surface area contributed by atoms with Crippen molar-refractivity contribution in [3.63, 3.8) is 0 Å². The van der Waals surface area contributed by atoms with E-state index in [2.05, 4.69) is 10.3 Å². The lowest BCUT2D eigenvalue weighted by Gasteiger charge is -2.11. The number of benzene rings is 2. The highest BCUT2D eigenvalue weighted by molar-refractivity contribution is 7.13. The van der Waals surface area contributed by atoms with Gasteiger partial charge in [0.05, 0.1) is 6.61 Å². The maximum atomic E-state index is 12.7. The second kappa shape index (κ2) is 12.2. The average Bonchev–Trinajstić information content (AvgIpc) is 3.24. The van der Waals surface area contributed by atoms with Crippen LogP contribution in [0.15, 0.2) is 54.0 Å². The van der Waals surface area contributed by atoms with Gasteiger partial charge in [-0.3, -0.25) is 10.1 Å². The number of anilines is 2. The van der Waals surface area contributed by atoms with Crippen molar-refractivity contribution in [1.82, 2.24) is 4.98 Å². The van der Waals surface area contributed by atoms with E-state index in [0.717, 1.165) is 30.5 Å². The zero-order valence-electron chi connectivity index (χ0n) is 16.8. The fourth-order valence-electron chi connectivity index (χ4n) is 2.84. The number of nitrogens with two attached hydrogens (primary N) is 1. The summed E-state index contributed by atoms with van der Waals surface area (Å²) in [5.74, 6) is 0.483. The van der Waals surface area contributed by atoms with Gasteiger partial charge in [-0.1, -0.05) is 12.1 Å². The van der Waals surface area contributed by atoms with Gasteiger partial charge in [0.1, 0.15) is 5.75 Å². The van der Waals surface area contributed by atoms with Crippen molar-refractivity contribution in [2.45, 2.75) is 19.3 Å². The van der Waals surface area contributed by atoms with E-state index in [1.807, 2.05) is 41.8 Å². The van der Waals surface area contributed by atoms with Crippen LogP contribution in [0.4, 0.5) is 10.8 Å². The van der Waals surface area contributed by atoms with Crippen molar-refractivity contribution in [1.29, 1.82) is 0 Å². The van der Waals surface area contributed by atoms with Crippen LogP contribution in [0.25, 0.3) is 0 Å². The smallest absolute Gasteiger partial charge is 0.257 e. The standard InChI is InChI=1S/C22H25N3O3S.ClH/c1-27-10-2-11-28-20-14-17(4-3-16-5-7-19(23)8-6-16)13-18(15-20)21(26)25-22-24-9-12-29-22;/h5-9,12-15H,2-4,10-11,23H2,1H3,(H,24,25,26);1H. The van der Waals surface area contributed by atoms with Crippen molar-refractivity contribution < 1.29 is 14.3 Å². The third kappa shape index (κ3) is 7.33. The minimum atomic E-state index is -0.198. The second-order valence-electron chi connectivity index (χ2n) is 6.59. The zero-order chi connectivity index (χ0) is 20.5. The summed E-state index contributed by atoms with van der Waals surface area (Å²) in [6.07, 6.45) is 4.08. The summed E-state index contributed by atoms with van der Waals surface area (Å²) in [5, 5.41) is 5.22. The molecule has 1 amide bonds. The SMILES string of the molecule is COCCCOc1cc(CCc2ccc(N)cc2)cc(C(=O)Nc2nccs2)c1.Cl. The first kappa shape index (κ1) is 23.7. The molecular weight excluding hydrogens is 422 g/mol. The number of carbonyl (C=O) groups is 1. The Hall–Kier alpha value is -2.61. The molecule has 0 radical (unpaired) electrons. The van der Waals surface area contributed by atoms with Crippen molar-refractivity contribution >= 4 is 40.5 Å². The van der Waals surface area contributed by atoms with Crippen molar-refractivity contribution in [2.24, 2.45) is 0 Å². The number of hydrogen-bond acceptors (Lipinski definition) is 6. The number of nitrogens with zero attached hydrogens (tertiary/aromatic N) is 1. The summed E-state index contributed by atoms with van der Waals surface area (Å²) in [5.41, 5.74) is 9.29. The molecule has 0 saturated heterocycles. The first-order chi connectivity index (χ1) is 14.1. The molecule has 160 valence electrons. The van der Waals surface area contributed by atoms with Gasteiger partial charge in [0.15, 0.2) is 5.13 Å². The van der Waals surface area contributed by atoms with Gasteiger partial charge in [-0.2, -0.15) is 0 Å². The molecule has 0 saturated carbocycles. The molecule has 0 aliphatic carbocycles. The number of halogens is 1. The van der Waals surface area contributed by atoms with Crippen LogP contribution >= 0.6 is 23.7 Å². The number of nitrogens with one attached hydrogen (secondary N) is 1. The van der Waals surface area contributed by atoms with Crippen LogP contribution in [-0.2, 0) is 17.6 Å². The van der Waals surface area contributed by atoms with Gasteiger partial charge >= 0.3 is 0 Å². The molecule has 0 spiro atoms. The Kier molecular flexibility index (Phi) is 9.60. The lowest BCUT2D eigenvalue weighted by molar-refractivity contribution is 0.102. The van der Waals surface area contributed by atoms with E-state index in [4.69, 9.17) is 15.2 Å². The maximum Gasteiger partial charge on any atom is 0.257 e. The molecule has 2 aromatic carbocycles. The van der Waals surface area contributed by atoms with E-state index in [1.54, 1.807) is 19.4 Å². The number of rotatable bonds is 10. The summed E-state index contributed by atoms with van der Waals surface area (Å²) in [7, 11) is 1.67. The molecule has 30 heavy (non-hydrogen) atoms. The van der Waals surface area contributed by atoms with E-state index >= 15 is 0 Å². The Balaban J connectivity index is 0.00000320. The van der Waals surface area contributed by atoms with E-state index in [0.29, 0.717) is 29.7 Å². The summed E-state index contributed by atoms with van der Waals surface area (Å²) in [4.78, 5) is 16.8. The van der Waals surface area contributed by atoms with Crippen LogP contribution in [0.1, 0.15) is 27.9 Å². The largest absolute Gasteiger partial charge is 0.493 e. The fourth-order valence-corrected chi connectivity index (χ4v) is 3.36. The van der Waals surface area contributed by atoms with E-state index < -0.39 is 0 Å². The van der Waals surface area contributed by atoms with Crippen LogP contribution in [0.2, 0.25) is 0 Å². The highest BCUT2D eigenvalue weighted by atomic mass is 35.5. The van der Waals surface area contributed by atoms with Crippen LogP contribution in [0.3, 0.4) is 0 Å². The topological polar surface area (TPSA) is 86.5 Å². The van der Waals surface area contributed by atoms with Gasteiger partial charge in [0.25, 0.3) is 5.91 Å². The Morgan fingerprint density at radius 2 is 1.87 bits per heavy atom. The minimum Gasteiger partial charge on any atom is -0.493 e. The van der Waals surface area contributed by atoms with Crippen molar-refractivity contribution in [3.05, 3.63) is 70.7 Å². The average molecular weight is 448 g/mol. The summed E-state index contributed by atoms with van der Waals surface area (Å²) < 4.78 is 10.9. The molecule has 0 unspecified atom stereocenters. The van der Waals surface area contributed by atoms with E-state index in [1.165, 1.54) is 16.9 Å². The Morgan fingerprint density at radius 3 is 2.57 bits per heavy atom. The number of hydrogen-bond donors (Lipinski definition) is 2. The molecule has 1 aromatic heterocycles. The monoisotopic (exact) mass is 447 g/mol. The number of aromatic nitrogens is 1. The minimum absolute atomic E-state index is 0. The van der Waals surface area contributed by atoms with Crippen molar-refractivity contribution in [3.8, 4) is 5.75 Å². The molecule has 8 heteroatoms. The number of nitrogen functional groups attached to an aromatic ring is 1. The normalized spacial score (nSPS) is 10.3. The molecular formula is C22H26ClN3O3S. The number of thiazole rings is 1. The number of methoxy groups -OCH3 is 1. The molecule has 0 aliphatic heterocycles. The van der Waals surface area contributed by atoms with Gasteiger partial charge < -0.3 is 15.2 Å². The fraction of sp³-hybridized carbons (Fsp3) is 0.273. The summed E-state index contributed by atoms with van der Waals surface area (Å²) in [6.45, 7) is 1.16. The van der Waals surface area contributed by atoms with Gasteiger partial charge in [-0.25, -0.2) is 4.98 Å². The van der Waals surface area contributed by atoms with Gasteiger partial charge in [-0.15, -0.1) is 23.7 Å². The molecule has 0 fully saturated rings. The molecule has 1 heterocycles. The Labute approximate surface area is 186 Å². The van der Waals surface area contributed by atoms with E-state index in [-0.39, 0.29) is 18.3 Å². The molecule has 6 nitrogen and oxygen atoms in total. The van der Waals surface area contributed by atoms with Gasteiger partial charge in [-0.05, 0) is 54.3 Å². The van der Waals surface area contributed by atoms with Gasteiger partial charge in [0.2, 0.25) is 0 Å². The van der Waals surface area contributed by atoms with Gasteiger partial charge in [0, 0.05) is 43.0 Å². The molecule has 3 N–H and O–H groups in total. The predicted molar refractivity (Wildman–Crippen MR) is 124 cm³/mol. The highest BCUT2D eigenvalue weighted by Crippen LogP contribution is 2.21. The second-order valence-corrected chi connectivity index (χ2v) is 7.49. The molecule has 0 bridgehead atoms. The third-order valence-electron chi connectivity index (χ3n) is 4.32. The lowest BCUT2D eigenvalue weighted by Crippen LogP contribution is -2.13. The molecule has 3 aromatic rings. The number of ether oxygens (including phenoxy) is 2. The van der Waals surface area contributed by atoms with Crippen LogP contribution in [0.5, 0.6) is 5.75 Å². The van der Waals surface area contributed by atoms with Crippen molar-refractivity contribution in [2.75, 3.05) is 31.4 Å². The molecule has 0 atom stereocenters. The number of aryl methyl sites for hydroxylation is 2. The molecule has 3 rings (SSSR count). The third-order valence-corrected chi connectivity index (χ3v) is 5.01. The van der Waals surface area contributed by atoms with E-state index in [9.17, 15) is 4.79 Å². The maximum absolute atomic E-state index is 12.7. The lowest BCUT2D eigenvalue weighted by atomic mass is 10.0. The quantitative estimate of drug-likeness (QED) is 0.350. The summed E-state index contributed by atoms with van der Waals surface area (Å²) in [6, 6.07) is 13.5. The number of amides is 1. The Morgan fingerprint density at radius 1 is 1.10 bits per heavy atom. The molecule has 0 aliphatic rings.